The molecule has 150 valence electrons. The first-order chi connectivity index (χ1) is 14.4. The predicted molar refractivity (Wildman–Crippen MR) is 130 cm³/mol. The summed E-state index contributed by atoms with van der Waals surface area (Å²) >= 11 is 0. The minimum absolute atomic E-state index is 1.06. The maximum Gasteiger partial charge on any atom is 0.0411 e. The van der Waals surface area contributed by atoms with Gasteiger partial charge in [-0.1, -0.05) is 42.5 Å². The molecule has 0 bridgehead atoms. The second kappa shape index (κ2) is 8.46. The van der Waals surface area contributed by atoms with Gasteiger partial charge in [-0.2, -0.15) is 0 Å². The normalized spacial score (nSPS) is 10.7. The van der Waals surface area contributed by atoms with Crippen LogP contribution in [0.5, 0.6) is 0 Å². The Balaban J connectivity index is 1.74. The standard InChI is InChI=1S/C28H28N2/c1-19-10-20(2)13-25(12-19)29-27-16-24(23-8-6-5-7-9-23)17-28(18-27)30-26-14-21(3)11-22(4)15-26/h5-18,29-30H,1-4H3. The number of aryl methyl sites for hydroxylation is 4. The summed E-state index contributed by atoms with van der Waals surface area (Å²) in [4.78, 5) is 0. The maximum absolute atomic E-state index is 3.60. The third kappa shape index (κ3) is 4.90. The van der Waals surface area contributed by atoms with E-state index in [2.05, 4.69) is 123 Å². The Morgan fingerprint density at radius 2 is 0.800 bits per heavy atom. The SMILES string of the molecule is Cc1cc(C)cc(Nc2cc(Nc3cc(C)cc(C)c3)cc(-c3ccccc3)c2)c1. The zero-order chi connectivity index (χ0) is 21.1. The van der Waals surface area contributed by atoms with Crippen molar-refractivity contribution < 1.29 is 0 Å². The number of rotatable bonds is 5. The average molecular weight is 393 g/mol. The van der Waals surface area contributed by atoms with E-state index < -0.39 is 0 Å². The van der Waals surface area contributed by atoms with Gasteiger partial charge in [0.1, 0.15) is 0 Å². The van der Waals surface area contributed by atoms with Crippen molar-refractivity contribution in [2.45, 2.75) is 27.7 Å². The topological polar surface area (TPSA) is 24.1 Å². The zero-order valence-corrected chi connectivity index (χ0v) is 18.1. The molecule has 30 heavy (non-hydrogen) atoms. The molecule has 0 atom stereocenters. The van der Waals surface area contributed by atoms with E-state index in [0.717, 1.165) is 22.7 Å². The van der Waals surface area contributed by atoms with Gasteiger partial charge in [0.25, 0.3) is 0 Å². The van der Waals surface area contributed by atoms with Gasteiger partial charge in [-0.15, -0.1) is 0 Å². The van der Waals surface area contributed by atoms with Crippen molar-refractivity contribution >= 4 is 22.7 Å². The molecule has 0 aliphatic heterocycles. The van der Waals surface area contributed by atoms with Crippen LogP contribution in [0.15, 0.2) is 84.9 Å². The van der Waals surface area contributed by atoms with Crippen LogP contribution in [0.1, 0.15) is 22.3 Å². The zero-order valence-electron chi connectivity index (χ0n) is 18.1. The molecule has 2 nitrogen and oxygen atoms in total. The van der Waals surface area contributed by atoms with Crippen LogP contribution in [0.25, 0.3) is 11.1 Å². The van der Waals surface area contributed by atoms with Gasteiger partial charge in [0.05, 0.1) is 0 Å². The molecular weight excluding hydrogens is 364 g/mol. The van der Waals surface area contributed by atoms with Crippen molar-refractivity contribution in [3.8, 4) is 11.1 Å². The lowest BCUT2D eigenvalue weighted by molar-refractivity contribution is 1.37. The van der Waals surface area contributed by atoms with Crippen molar-refractivity contribution in [1.82, 2.24) is 0 Å². The lowest BCUT2D eigenvalue weighted by Crippen LogP contribution is -1.97. The lowest BCUT2D eigenvalue weighted by atomic mass is 10.0. The summed E-state index contributed by atoms with van der Waals surface area (Å²) in [6, 6.07) is 30.2. The van der Waals surface area contributed by atoms with Gasteiger partial charge >= 0.3 is 0 Å². The van der Waals surface area contributed by atoms with Gasteiger partial charge in [-0.3, -0.25) is 0 Å². The molecule has 4 aromatic carbocycles. The predicted octanol–water partition coefficient (Wildman–Crippen LogP) is 8.07. The highest BCUT2D eigenvalue weighted by Crippen LogP contribution is 2.31. The van der Waals surface area contributed by atoms with Crippen molar-refractivity contribution in [3.63, 3.8) is 0 Å². The molecule has 0 saturated heterocycles. The first kappa shape index (κ1) is 19.8. The van der Waals surface area contributed by atoms with E-state index in [0.29, 0.717) is 0 Å². The lowest BCUT2D eigenvalue weighted by Gasteiger charge is -2.15. The van der Waals surface area contributed by atoms with E-state index in [1.54, 1.807) is 0 Å². The van der Waals surface area contributed by atoms with Crippen LogP contribution in [0.4, 0.5) is 22.7 Å². The van der Waals surface area contributed by atoms with Gasteiger partial charge in [0.15, 0.2) is 0 Å². The Kier molecular flexibility index (Phi) is 5.58. The first-order valence-corrected chi connectivity index (χ1v) is 10.4. The van der Waals surface area contributed by atoms with E-state index in [9.17, 15) is 0 Å². The van der Waals surface area contributed by atoms with Gasteiger partial charge < -0.3 is 10.6 Å². The van der Waals surface area contributed by atoms with Gasteiger partial charge in [-0.05, 0) is 104 Å². The molecule has 0 saturated carbocycles. The summed E-state index contributed by atoms with van der Waals surface area (Å²) in [5, 5.41) is 7.21. The minimum Gasteiger partial charge on any atom is -0.355 e. The summed E-state index contributed by atoms with van der Waals surface area (Å²) in [5.74, 6) is 0. The van der Waals surface area contributed by atoms with Crippen LogP contribution in [0, 0.1) is 27.7 Å². The smallest absolute Gasteiger partial charge is 0.0411 e. The molecule has 0 amide bonds. The Morgan fingerprint density at radius 1 is 0.400 bits per heavy atom. The molecule has 4 rings (SSSR count). The maximum atomic E-state index is 3.60. The van der Waals surface area contributed by atoms with Crippen molar-refractivity contribution in [1.29, 1.82) is 0 Å². The van der Waals surface area contributed by atoms with Gasteiger partial charge in [0, 0.05) is 22.7 Å². The van der Waals surface area contributed by atoms with Crippen LogP contribution >= 0.6 is 0 Å². The fraction of sp³-hybridized carbons (Fsp3) is 0.143. The summed E-state index contributed by atoms with van der Waals surface area (Å²) in [6.45, 7) is 8.52. The highest BCUT2D eigenvalue weighted by Gasteiger charge is 2.06. The molecule has 0 spiro atoms. The third-order valence-electron chi connectivity index (χ3n) is 5.06. The van der Waals surface area contributed by atoms with Crippen LogP contribution in [0.3, 0.4) is 0 Å². The monoisotopic (exact) mass is 392 g/mol. The Morgan fingerprint density at radius 3 is 1.23 bits per heavy atom. The number of hydrogen-bond acceptors (Lipinski definition) is 2. The van der Waals surface area contributed by atoms with E-state index in [-0.39, 0.29) is 0 Å². The molecule has 0 fully saturated rings. The van der Waals surface area contributed by atoms with E-state index in [4.69, 9.17) is 0 Å². The summed E-state index contributed by atoms with van der Waals surface area (Å²) in [5.41, 5.74) is 11.7. The molecule has 0 aromatic heterocycles. The van der Waals surface area contributed by atoms with E-state index >= 15 is 0 Å². The summed E-state index contributed by atoms with van der Waals surface area (Å²) < 4.78 is 0. The largest absolute Gasteiger partial charge is 0.355 e. The highest BCUT2D eigenvalue weighted by molar-refractivity contribution is 5.78. The fourth-order valence-electron chi connectivity index (χ4n) is 4.00. The van der Waals surface area contributed by atoms with E-state index in [1.165, 1.54) is 33.4 Å². The number of hydrogen-bond donors (Lipinski definition) is 2. The van der Waals surface area contributed by atoms with Crippen LogP contribution < -0.4 is 10.6 Å². The molecule has 2 heteroatoms. The molecule has 0 aliphatic rings. The van der Waals surface area contributed by atoms with Gasteiger partial charge in [0.2, 0.25) is 0 Å². The molecule has 0 aliphatic carbocycles. The number of anilines is 4. The average Bonchev–Trinajstić information content (AvgIpc) is 2.67. The van der Waals surface area contributed by atoms with Crippen molar-refractivity contribution in [2.75, 3.05) is 10.6 Å². The van der Waals surface area contributed by atoms with Crippen LogP contribution in [0.2, 0.25) is 0 Å². The Bertz CT molecular complexity index is 1060. The Hall–Kier alpha value is -3.52. The fourth-order valence-corrected chi connectivity index (χ4v) is 4.00. The summed E-state index contributed by atoms with van der Waals surface area (Å²) in [6.07, 6.45) is 0. The molecule has 0 radical (unpaired) electrons. The minimum atomic E-state index is 1.06. The molecular formula is C28H28N2. The summed E-state index contributed by atoms with van der Waals surface area (Å²) in [7, 11) is 0. The third-order valence-corrected chi connectivity index (χ3v) is 5.06. The van der Waals surface area contributed by atoms with Crippen LogP contribution in [-0.2, 0) is 0 Å². The van der Waals surface area contributed by atoms with Crippen molar-refractivity contribution in [3.05, 3.63) is 107 Å². The first-order valence-electron chi connectivity index (χ1n) is 10.4. The second-order valence-electron chi connectivity index (χ2n) is 8.17. The molecule has 0 heterocycles. The van der Waals surface area contributed by atoms with Crippen molar-refractivity contribution in [2.24, 2.45) is 0 Å². The van der Waals surface area contributed by atoms with E-state index in [1.807, 2.05) is 0 Å². The number of nitrogens with one attached hydrogen (secondary N) is 2. The Labute approximate surface area is 179 Å². The second-order valence-corrected chi connectivity index (χ2v) is 8.17. The molecule has 4 aromatic rings. The van der Waals surface area contributed by atoms with Gasteiger partial charge in [-0.25, -0.2) is 0 Å². The quantitative estimate of drug-likeness (QED) is 0.359. The van der Waals surface area contributed by atoms with Crippen LogP contribution in [-0.4, -0.2) is 0 Å². The number of benzene rings is 4. The molecule has 0 unspecified atom stereocenters. The molecule has 2 N–H and O–H groups in total. The highest BCUT2D eigenvalue weighted by atomic mass is 14.9.